The highest BCUT2D eigenvalue weighted by atomic mass is 32.2. The van der Waals surface area contributed by atoms with Gasteiger partial charge in [-0.25, -0.2) is 8.42 Å². The maximum Gasteiger partial charge on any atom is 0.214 e. The van der Waals surface area contributed by atoms with Crippen LogP contribution in [0.3, 0.4) is 0 Å². The number of hydrogen-bond acceptors (Lipinski definition) is 3. The normalized spacial score (nSPS) is 22.6. The van der Waals surface area contributed by atoms with Crippen LogP contribution in [0.25, 0.3) is 0 Å². The molecule has 0 spiro atoms. The lowest BCUT2D eigenvalue weighted by Crippen LogP contribution is -2.36. The summed E-state index contributed by atoms with van der Waals surface area (Å²) in [7, 11) is -3.26. The van der Waals surface area contributed by atoms with Crippen molar-refractivity contribution in [2.75, 3.05) is 18.8 Å². The predicted molar refractivity (Wildman–Crippen MR) is 87.2 cm³/mol. The molecule has 0 radical (unpaired) electrons. The zero-order chi connectivity index (χ0) is 16.2. The van der Waals surface area contributed by atoms with E-state index in [2.05, 4.69) is 29.6 Å². The topological polar surface area (TPSA) is 66.5 Å². The van der Waals surface area contributed by atoms with Gasteiger partial charge in [-0.05, 0) is 38.2 Å². The number of benzene rings is 1. The predicted octanol–water partition coefficient (Wildman–Crippen LogP) is 1.64. The van der Waals surface area contributed by atoms with Gasteiger partial charge in [-0.3, -0.25) is 4.79 Å². The summed E-state index contributed by atoms with van der Waals surface area (Å²) < 4.78 is 26.5. The summed E-state index contributed by atoms with van der Waals surface area (Å²) in [5.74, 6) is 0.345. The lowest BCUT2D eigenvalue weighted by atomic mass is 9.96. The third-order valence-corrected chi connectivity index (χ3v) is 6.26. The van der Waals surface area contributed by atoms with Crippen molar-refractivity contribution >= 4 is 16.4 Å². The molecule has 122 valence electrons. The first-order chi connectivity index (χ1) is 10.4. The minimum absolute atomic E-state index is 0.0235. The standard InChI is InChI=1S/C16H24N2O3S/c1-13-4-6-15(7-5-13)16-10-14(2)18(11-16)22(20,21)9-3-8-17-12-19/h4-7,12,14,16H,3,8-11H2,1-2H3,(H,17,19). The number of carbonyl (C=O) groups excluding carboxylic acids is 1. The maximum absolute atomic E-state index is 12.4. The van der Waals surface area contributed by atoms with Gasteiger partial charge in [-0.15, -0.1) is 0 Å². The third kappa shape index (κ3) is 4.08. The number of rotatable bonds is 7. The van der Waals surface area contributed by atoms with E-state index in [-0.39, 0.29) is 17.7 Å². The highest BCUT2D eigenvalue weighted by molar-refractivity contribution is 7.89. The van der Waals surface area contributed by atoms with Gasteiger partial charge in [0.05, 0.1) is 5.75 Å². The first-order valence-electron chi connectivity index (χ1n) is 7.67. The van der Waals surface area contributed by atoms with Crippen LogP contribution < -0.4 is 5.32 Å². The zero-order valence-corrected chi connectivity index (χ0v) is 14.0. The van der Waals surface area contributed by atoms with Gasteiger partial charge >= 0.3 is 0 Å². The van der Waals surface area contributed by atoms with Crippen molar-refractivity contribution in [3.63, 3.8) is 0 Å². The Kier molecular flexibility index (Phi) is 5.58. The Morgan fingerprint density at radius 3 is 2.64 bits per heavy atom. The van der Waals surface area contributed by atoms with Gasteiger partial charge in [-0.2, -0.15) is 4.31 Å². The molecule has 2 unspecified atom stereocenters. The molecule has 1 aliphatic heterocycles. The van der Waals surface area contributed by atoms with Crippen LogP contribution in [0.1, 0.15) is 36.8 Å². The van der Waals surface area contributed by atoms with Crippen molar-refractivity contribution in [3.05, 3.63) is 35.4 Å². The number of amides is 1. The number of nitrogens with one attached hydrogen (secondary N) is 1. The molecule has 0 bridgehead atoms. The summed E-state index contributed by atoms with van der Waals surface area (Å²) in [6, 6.07) is 8.35. The van der Waals surface area contributed by atoms with Crippen molar-refractivity contribution in [1.82, 2.24) is 9.62 Å². The van der Waals surface area contributed by atoms with Crippen molar-refractivity contribution in [1.29, 1.82) is 0 Å². The Hall–Kier alpha value is -1.40. The molecule has 1 fully saturated rings. The van der Waals surface area contributed by atoms with Gasteiger partial charge in [0, 0.05) is 19.1 Å². The molecule has 1 aliphatic rings. The Morgan fingerprint density at radius 2 is 2.00 bits per heavy atom. The minimum atomic E-state index is -3.26. The molecule has 1 saturated heterocycles. The van der Waals surface area contributed by atoms with Crippen molar-refractivity contribution < 1.29 is 13.2 Å². The maximum atomic E-state index is 12.4. The molecule has 1 amide bonds. The average Bonchev–Trinajstić information content (AvgIpc) is 2.87. The van der Waals surface area contributed by atoms with Gasteiger partial charge < -0.3 is 5.32 Å². The van der Waals surface area contributed by atoms with Crippen LogP contribution in [0.4, 0.5) is 0 Å². The molecule has 1 aromatic rings. The Bertz CT molecular complexity index is 598. The van der Waals surface area contributed by atoms with Crippen LogP contribution in [0, 0.1) is 6.92 Å². The molecular weight excluding hydrogens is 300 g/mol. The minimum Gasteiger partial charge on any atom is -0.359 e. The van der Waals surface area contributed by atoms with Gasteiger partial charge in [0.15, 0.2) is 0 Å². The quantitative estimate of drug-likeness (QED) is 0.612. The van der Waals surface area contributed by atoms with Gasteiger partial charge in [0.25, 0.3) is 0 Å². The molecule has 2 rings (SSSR count). The molecule has 5 nitrogen and oxygen atoms in total. The summed E-state index contributed by atoms with van der Waals surface area (Å²) >= 11 is 0. The van der Waals surface area contributed by atoms with Gasteiger partial charge in [-0.1, -0.05) is 29.8 Å². The van der Waals surface area contributed by atoms with Gasteiger partial charge in [0.2, 0.25) is 16.4 Å². The number of hydrogen-bond donors (Lipinski definition) is 1. The highest BCUT2D eigenvalue weighted by Gasteiger charge is 2.37. The molecule has 2 atom stereocenters. The second-order valence-electron chi connectivity index (χ2n) is 6.00. The molecule has 1 N–H and O–H groups in total. The van der Waals surface area contributed by atoms with Crippen LogP contribution in [-0.4, -0.2) is 44.0 Å². The largest absolute Gasteiger partial charge is 0.359 e. The molecule has 6 heteroatoms. The summed E-state index contributed by atoms with van der Waals surface area (Å²) in [4.78, 5) is 10.2. The van der Waals surface area contributed by atoms with E-state index in [9.17, 15) is 13.2 Å². The Balaban J connectivity index is 2.00. The second-order valence-corrected chi connectivity index (χ2v) is 8.04. The fourth-order valence-corrected chi connectivity index (χ4v) is 4.79. The summed E-state index contributed by atoms with van der Waals surface area (Å²) in [6.07, 6.45) is 1.90. The van der Waals surface area contributed by atoms with E-state index in [1.165, 1.54) is 11.1 Å². The molecule has 0 aliphatic carbocycles. The Morgan fingerprint density at radius 1 is 1.32 bits per heavy atom. The molecule has 22 heavy (non-hydrogen) atoms. The van der Waals surface area contributed by atoms with E-state index in [1.807, 2.05) is 13.8 Å². The summed E-state index contributed by atoms with van der Waals surface area (Å²) in [6.45, 7) is 4.96. The molecule has 1 aromatic carbocycles. The SMILES string of the molecule is Cc1ccc(C2CC(C)N(S(=O)(=O)CCCNC=O)C2)cc1. The number of carbonyl (C=O) groups is 1. The number of sulfonamides is 1. The van der Waals surface area contributed by atoms with Crippen LogP contribution in [0.2, 0.25) is 0 Å². The van der Waals surface area contributed by atoms with Crippen molar-refractivity contribution in [2.24, 2.45) is 0 Å². The van der Waals surface area contributed by atoms with Crippen molar-refractivity contribution in [2.45, 2.75) is 38.6 Å². The van der Waals surface area contributed by atoms with Gasteiger partial charge in [0.1, 0.15) is 0 Å². The van der Waals surface area contributed by atoms with Crippen LogP contribution in [0.15, 0.2) is 24.3 Å². The zero-order valence-electron chi connectivity index (χ0n) is 13.2. The van der Waals surface area contributed by atoms with E-state index < -0.39 is 10.0 Å². The lowest BCUT2D eigenvalue weighted by molar-refractivity contribution is -0.109. The summed E-state index contributed by atoms with van der Waals surface area (Å²) in [5.41, 5.74) is 2.42. The fraction of sp³-hybridized carbons (Fsp3) is 0.562. The van der Waals surface area contributed by atoms with E-state index in [4.69, 9.17) is 0 Å². The smallest absolute Gasteiger partial charge is 0.214 e. The first-order valence-corrected chi connectivity index (χ1v) is 9.28. The highest BCUT2D eigenvalue weighted by Crippen LogP contribution is 2.33. The van der Waals surface area contributed by atoms with Crippen molar-refractivity contribution in [3.8, 4) is 0 Å². The Labute approximate surface area is 132 Å². The molecule has 0 aromatic heterocycles. The summed E-state index contributed by atoms with van der Waals surface area (Å²) in [5, 5.41) is 2.50. The van der Waals surface area contributed by atoms with Crippen LogP contribution in [0.5, 0.6) is 0 Å². The average molecular weight is 324 g/mol. The van der Waals surface area contributed by atoms with E-state index in [1.54, 1.807) is 4.31 Å². The number of aryl methyl sites for hydroxylation is 1. The lowest BCUT2D eigenvalue weighted by Gasteiger charge is -2.21. The second kappa shape index (κ2) is 7.24. The van der Waals surface area contributed by atoms with E-state index in [0.717, 1.165) is 6.42 Å². The van der Waals surface area contributed by atoms with E-state index in [0.29, 0.717) is 25.9 Å². The van der Waals surface area contributed by atoms with Crippen LogP contribution in [-0.2, 0) is 14.8 Å². The molecular formula is C16H24N2O3S. The first kappa shape index (κ1) is 17.0. The number of nitrogens with zero attached hydrogens (tertiary/aromatic N) is 1. The molecule has 1 heterocycles. The van der Waals surface area contributed by atoms with E-state index >= 15 is 0 Å². The fourth-order valence-electron chi connectivity index (χ4n) is 3.00. The third-order valence-electron chi connectivity index (χ3n) is 4.23. The monoisotopic (exact) mass is 324 g/mol. The van der Waals surface area contributed by atoms with Crippen LogP contribution >= 0.6 is 0 Å². The molecule has 0 saturated carbocycles.